The molecule has 1 unspecified atom stereocenters. The summed E-state index contributed by atoms with van der Waals surface area (Å²) in [5, 5.41) is 8.61. The van der Waals surface area contributed by atoms with Crippen molar-refractivity contribution in [2.75, 3.05) is 13.1 Å². The molecule has 0 amide bonds. The second-order valence-electron chi connectivity index (χ2n) is 4.74. The molecule has 1 atom stereocenters. The zero-order valence-corrected chi connectivity index (χ0v) is 11.1. The average Bonchev–Trinajstić information content (AvgIpc) is 2.98. The van der Waals surface area contributed by atoms with Gasteiger partial charge in [-0.3, -0.25) is 4.68 Å². The zero-order chi connectivity index (χ0) is 12.5. The van der Waals surface area contributed by atoms with E-state index in [2.05, 4.69) is 16.5 Å². The van der Waals surface area contributed by atoms with Gasteiger partial charge in [0.15, 0.2) is 0 Å². The van der Waals surface area contributed by atoms with E-state index in [4.69, 9.17) is 11.6 Å². The fourth-order valence-electron chi connectivity index (χ4n) is 2.71. The lowest BCUT2D eigenvalue weighted by Gasteiger charge is -2.13. The molecule has 94 valence electrons. The molecule has 2 aromatic rings. The summed E-state index contributed by atoms with van der Waals surface area (Å²) in [5.41, 5.74) is 3.53. The smallest absolute Gasteiger partial charge is 0.0571 e. The maximum Gasteiger partial charge on any atom is 0.0571 e. The van der Waals surface area contributed by atoms with Crippen molar-refractivity contribution in [3.05, 3.63) is 41.2 Å². The van der Waals surface area contributed by atoms with Crippen molar-refractivity contribution < 1.29 is 0 Å². The van der Waals surface area contributed by atoms with Crippen LogP contribution in [0.1, 0.15) is 18.0 Å². The first-order chi connectivity index (χ1) is 8.77. The fraction of sp³-hybridized carbons (Fsp3) is 0.357. The van der Waals surface area contributed by atoms with Gasteiger partial charge in [0.1, 0.15) is 0 Å². The molecule has 2 heterocycles. The van der Waals surface area contributed by atoms with Gasteiger partial charge in [0, 0.05) is 35.7 Å². The molecule has 1 aromatic carbocycles. The number of hydrogen-bond donors (Lipinski definition) is 1. The van der Waals surface area contributed by atoms with Gasteiger partial charge in [-0.05, 0) is 19.0 Å². The van der Waals surface area contributed by atoms with Crippen LogP contribution < -0.4 is 5.32 Å². The maximum absolute atomic E-state index is 6.29. The van der Waals surface area contributed by atoms with E-state index in [1.165, 1.54) is 5.69 Å². The van der Waals surface area contributed by atoms with Gasteiger partial charge in [0.25, 0.3) is 0 Å². The Labute approximate surface area is 112 Å². The second-order valence-corrected chi connectivity index (χ2v) is 5.14. The zero-order valence-electron chi connectivity index (χ0n) is 10.4. The quantitative estimate of drug-likeness (QED) is 0.901. The molecule has 1 saturated heterocycles. The number of aryl methyl sites for hydroxylation is 1. The summed E-state index contributed by atoms with van der Waals surface area (Å²) in [7, 11) is 2.01. The molecule has 18 heavy (non-hydrogen) atoms. The predicted octanol–water partition coefficient (Wildman–Crippen LogP) is 2.82. The Morgan fingerprint density at radius 3 is 2.89 bits per heavy atom. The molecule has 3 nitrogen and oxygen atoms in total. The van der Waals surface area contributed by atoms with Crippen LogP contribution in [0.2, 0.25) is 5.02 Å². The third-order valence-corrected chi connectivity index (χ3v) is 3.93. The topological polar surface area (TPSA) is 29.9 Å². The van der Waals surface area contributed by atoms with E-state index >= 15 is 0 Å². The van der Waals surface area contributed by atoms with Crippen LogP contribution in [-0.2, 0) is 7.05 Å². The molecule has 1 aliphatic heterocycles. The van der Waals surface area contributed by atoms with Crippen LogP contribution in [0.15, 0.2) is 30.5 Å². The third kappa shape index (κ3) is 1.93. The van der Waals surface area contributed by atoms with Crippen molar-refractivity contribution >= 4 is 11.6 Å². The third-order valence-electron chi connectivity index (χ3n) is 3.60. The molecular weight excluding hydrogens is 246 g/mol. The first-order valence-corrected chi connectivity index (χ1v) is 6.62. The fourth-order valence-corrected chi connectivity index (χ4v) is 2.94. The van der Waals surface area contributed by atoms with E-state index < -0.39 is 0 Å². The number of benzene rings is 1. The van der Waals surface area contributed by atoms with Gasteiger partial charge in [0.2, 0.25) is 0 Å². The minimum atomic E-state index is 0.531. The Bertz CT molecular complexity index is 556. The highest BCUT2D eigenvalue weighted by molar-refractivity contribution is 6.33. The average molecular weight is 262 g/mol. The molecule has 1 aromatic heterocycles. The maximum atomic E-state index is 6.29. The largest absolute Gasteiger partial charge is 0.316 e. The molecule has 4 heteroatoms. The predicted molar refractivity (Wildman–Crippen MR) is 73.9 cm³/mol. The summed E-state index contributed by atoms with van der Waals surface area (Å²) in [4.78, 5) is 0. The summed E-state index contributed by atoms with van der Waals surface area (Å²) < 4.78 is 1.98. The number of nitrogens with one attached hydrogen (secondary N) is 1. The number of rotatable bonds is 2. The molecule has 0 spiro atoms. The van der Waals surface area contributed by atoms with E-state index in [1.54, 1.807) is 0 Å². The van der Waals surface area contributed by atoms with Crippen LogP contribution in [0.4, 0.5) is 0 Å². The minimum absolute atomic E-state index is 0.531. The van der Waals surface area contributed by atoms with Gasteiger partial charge >= 0.3 is 0 Å². The Hall–Kier alpha value is -1.32. The number of aromatic nitrogens is 2. The first-order valence-electron chi connectivity index (χ1n) is 6.25. The molecule has 0 radical (unpaired) electrons. The van der Waals surface area contributed by atoms with Crippen LogP contribution in [0.25, 0.3) is 11.1 Å². The highest BCUT2D eigenvalue weighted by atomic mass is 35.5. The van der Waals surface area contributed by atoms with E-state index in [0.29, 0.717) is 5.92 Å². The van der Waals surface area contributed by atoms with E-state index in [-0.39, 0.29) is 0 Å². The Balaban J connectivity index is 2.10. The lowest BCUT2D eigenvalue weighted by molar-refractivity contribution is 0.638. The van der Waals surface area contributed by atoms with Crippen LogP contribution in [-0.4, -0.2) is 22.9 Å². The summed E-state index contributed by atoms with van der Waals surface area (Å²) in [6.07, 6.45) is 3.09. The molecule has 0 saturated carbocycles. The summed E-state index contributed by atoms with van der Waals surface area (Å²) in [5.74, 6) is 0.531. The second kappa shape index (κ2) is 4.75. The number of nitrogens with zero attached hydrogens (tertiary/aromatic N) is 2. The Kier molecular flexibility index (Phi) is 3.10. The lowest BCUT2D eigenvalue weighted by Crippen LogP contribution is -2.11. The Morgan fingerprint density at radius 1 is 1.33 bits per heavy atom. The standard InChI is InChI=1S/C14H16ClN3/c1-18-14(10-6-7-16-8-10)12(9-17-18)11-4-2-3-5-13(11)15/h2-5,9-10,16H,6-8H2,1H3. The van der Waals surface area contributed by atoms with Gasteiger partial charge in [-0.2, -0.15) is 5.10 Å². The van der Waals surface area contributed by atoms with Crippen molar-refractivity contribution in [3.8, 4) is 11.1 Å². The van der Waals surface area contributed by atoms with E-state index in [1.807, 2.05) is 36.1 Å². The van der Waals surface area contributed by atoms with Crippen molar-refractivity contribution in [3.63, 3.8) is 0 Å². The van der Waals surface area contributed by atoms with Crippen LogP contribution in [0.3, 0.4) is 0 Å². The molecule has 1 fully saturated rings. The summed E-state index contributed by atoms with van der Waals surface area (Å²) >= 11 is 6.29. The van der Waals surface area contributed by atoms with Gasteiger partial charge in [0.05, 0.1) is 11.9 Å². The molecule has 0 bridgehead atoms. The Morgan fingerprint density at radius 2 is 2.17 bits per heavy atom. The molecule has 0 aliphatic carbocycles. The van der Waals surface area contributed by atoms with Crippen LogP contribution >= 0.6 is 11.6 Å². The van der Waals surface area contributed by atoms with Crippen molar-refractivity contribution in [1.29, 1.82) is 0 Å². The highest BCUT2D eigenvalue weighted by Crippen LogP contribution is 2.35. The molecular formula is C14H16ClN3. The van der Waals surface area contributed by atoms with E-state index in [9.17, 15) is 0 Å². The summed E-state index contributed by atoms with van der Waals surface area (Å²) in [6, 6.07) is 7.97. The van der Waals surface area contributed by atoms with Gasteiger partial charge in [-0.25, -0.2) is 0 Å². The monoisotopic (exact) mass is 261 g/mol. The van der Waals surface area contributed by atoms with Crippen molar-refractivity contribution in [2.45, 2.75) is 12.3 Å². The normalized spacial score (nSPS) is 19.3. The molecule has 1 N–H and O–H groups in total. The summed E-state index contributed by atoms with van der Waals surface area (Å²) in [6.45, 7) is 2.11. The highest BCUT2D eigenvalue weighted by Gasteiger charge is 2.24. The minimum Gasteiger partial charge on any atom is -0.316 e. The number of hydrogen-bond acceptors (Lipinski definition) is 2. The molecule has 1 aliphatic rings. The lowest BCUT2D eigenvalue weighted by atomic mass is 9.96. The first kappa shape index (κ1) is 11.8. The van der Waals surface area contributed by atoms with Crippen LogP contribution in [0.5, 0.6) is 0 Å². The molecule has 3 rings (SSSR count). The number of halogens is 1. The van der Waals surface area contributed by atoms with Gasteiger partial charge < -0.3 is 5.32 Å². The SMILES string of the molecule is Cn1ncc(-c2ccccc2Cl)c1C1CCNC1. The van der Waals surface area contributed by atoms with Gasteiger partial charge in [-0.15, -0.1) is 0 Å². The van der Waals surface area contributed by atoms with E-state index in [0.717, 1.165) is 35.7 Å². The van der Waals surface area contributed by atoms with Crippen LogP contribution in [0, 0.1) is 0 Å². The van der Waals surface area contributed by atoms with Crippen molar-refractivity contribution in [2.24, 2.45) is 7.05 Å². The van der Waals surface area contributed by atoms with Crippen molar-refractivity contribution in [1.82, 2.24) is 15.1 Å². The van der Waals surface area contributed by atoms with Gasteiger partial charge in [-0.1, -0.05) is 29.8 Å².